The number of nitriles is 1. The molecule has 10 heteroatoms. The third-order valence-electron chi connectivity index (χ3n) is 5.82. The second-order valence-corrected chi connectivity index (χ2v) is 11.0. The van der Waals surface area contributed by atoms with E-state index in [1.54, 1.807) is 49.6 Å². The number of hydrogen-bond donors (Lipinski definition) is 3. The molecule has 0 spiro atoms. The summed E-state index contributed by atoms with van der Waals surface area (Å²) < 4.78 is 6.96. The van der Waals surface area contributed by atoms with Crippen LogP contribution in [0.4, 0.5) is 5.69 Å². The number of ether oxygens (including phenoxy) is 1. The third-order valence-corrected chi connectivity index (χ3v) is 5.82. The quantitative estimate of drug-likeness (QED) is 0.423. The van der Waals surface area contributed by atoms with E-state index in [2.05, 4.69) is 16.4 Å². The van der Waals surface area contributed by atoms with E-state index in [-0.39, 0.29) is 22.4 Å². The van der Waals surface area contributed by atoms with Gasteiger partial charge in [0.15, 0.2) is 11.4 Å². The lowest BCUT2D eigenvalue weighted by atomic mass is 9.85. The average Bonchev–Trinajstić information content (AvgIpc) is 3.33. The number of amides is 2. The molecule has 0 radical (unpaired) electrons. The zero-order chi connectivity index (χ0) is 29.7. The van der Waals surface area contributed by atoms with Crippen molar-refractivity contribution in [2.24, 2.45) is 11.1 Å². The molecule has 0 aliphatic carbocycles. The highest BCUT2D eigenvalue weighted by molar-refractivity contribution is 6.05. The molecule has 39 heavy (non-hydrogen) atoms. The van der Waals surface area contributed by atoms with Gasteiger partial charge in [0.05, 0.1) is 24.0 Å². The Morgan fingerprint density at radius 3 is 2.18 bits per heavy atom. The molecule has 1 heterocycles. The number of methoxy groups -OCH3 is 1. The van der Waals surface area contributed by atoms with Crippen LogP contribution < -0.4 is 15.8 Å². The zero-order valence-electron chi connectivity index (χ0n) is 23.5. The molecule has 10 nitrogen and oxygen atoms in total. The maximum Gasteiger partial charge on any atom is 0.356 e. The number of primary amides is 1. The first-order valence-corrected chi connectivity index (χ1v) is 12.1. The molecule has 1 aromatic heterocycles. The van der Waals surface area contributed by atoms with Gasteiger partial charge in [-0.05, 0) is 47.7 Å². The molecule has 0 aliphatic rings. The molecule has 2 aromatic carbocycles. The van der Waals surface area contributed by atoms with Crippen LogP contribution in [0.25, 0.3) is 5.69 Å². The lowest BCUT2D eigenvalue weighted by Gasteiger charge is -2.22. The number of nitrogens with zero attached hydrogens (tertiary/aromatic N) is 3. The molecule has 0 unspecified atom stereocenters. The van der Waals surface area contributed by atoms with E-state index < -0.39 is 11.9 Å². The number of carbonyl (C=O) groups is 3. The van der Waals surface area contributed by atoms with Crippen LogP contribution in [-0.4, -0.2) is 39.6 Å². The Morgan fingerprint density at radius 1 is 1.10 bits per heavy atom. The van der Waals surface area contributed by atoms with Gasteiger partial charge < -0.3 is 25.5 Å². The Kier molecular flexibility index (Phi) is 9.26. The number of anilines is 1. The van der Waals surface area contributed by atoms with E-state index in [1.807, 2.05) is 33.8 Å². The van der Waals surface area contributed by atoms with Crippen molar-refractivity contribution in [3.05, 3.63) is 70.8 Å². The van der Waals surface area contributed by atoms with Crippen LogP contribution in [0.2, 0.25) is 0 Å². The van der Waals surface area contributed by atoms with Gasteiger partial charge in [-0.25, -0.2) is 9.78 Å². The summed E-state index contributed by atoms with van der Waals surface area (Å²) in [4.78, 5) is 38.3. The van der Waals surface area contributed by atoms with E-state index in [0.717, 1.165) is 11.1 Å². The molecule has 0 aliphatic heterocycles. The van der Waals surface area contributed by atoms with Crippen molar-refractivity contribution in [3.63, 3.8) is 0 Å². The molecule has 4 N–H and O–H groups in total. The number of nitrogens with two attached hydrogens (primary N) is 1. The number of aromatic nitrogens is 2. The predicted octanol–water partition coefficient (Wildman–Crippen LogP) is 4.83. The van der Waals surface area contributed by atoms with E-state index in [1.165, 1.54) is 19.6 Å². The number of carboxylic acids is 1. The fourth-order valence-electron chi connectivity index (χ4n) is 3.25. The van der Waals surface area contributed by atoms with Crippen molar-refractivity contribution in [3.8, 4) is 17.5 Å². The first-order chi connectivity index (χ1) is 18.0. The summed E-state index contributed by atoms with van der Waals surface area (Å²) in [5.41, 5.74) is 7.69. The number of carboxylic acid groups (broad SMARTS) is 1. The lowest BCUT2D eigenvalue weighted by Crippen LogP contribution is -2.27. The standard InChI is InChI=1S/C24H24N4O4.C5H11NO/c1-14-6-7-15(9-20(14)28-12-19(23(30)31)26-13-28)22(29)27-18-10-17(24(2,3)4)8-16(11-25)21(18)32-5;1-5(2,3)4(6)7/h6-10,12-13H,1-5H3,(H,27,29)(H,30,31);1-3H3,(H2,6,7). The van der Waals surface area contributed by atoms with Crippen LogP contribution in [0.5, 0.6) is 5.75 Å². The fourth-order valence-corrected chi connectivity index (χ4v) is 3.25. The third kappa shape index (κ3) is 7.68. The van der Waals surface area contributed by atoms with Crippen LogP contribution in [-0.2, 0) is 10.2 Å². The predicted molar refractivity (Wildman–Crippen MR) is 148 cm³/mol. The number of benzene rings is 2. The molecule has 3 rings (SSSR count). The van der Waals surface area contributed by atoms with Crippen molar-refractivity contribution in [2.45, 2.75) is 53.9 Å². The van der Waals surface area contributed by atoms with Gasteiger partial charge in [0.1, 0.15) is 12.4 Å². The molecule has 0 bridgehead atoms. The summed E-state index contributed by atoms with van der Waals surface area (Å²) in [6.07, 6.45) is 2.78. The van der Waals surface area contributed by atoms with Gasteiger partial charge in [0.2, 0.25) is 5.91 Å². The SMILES string of the molecule is CC(C)(C)C(N)=O.COc1c(C#N)cc(C(C)(C)C)cc1NC(=O)c1ccc(C)c(-n2cnc(C(=O)O)c2)c1. The maximum atomic E-state index is 13.1. The second-order valence-electron chi connectivity index (χ2n) is 11.0. The van der Waals surface area contributed by atoms with Gasteiger partial charge in [0, 0.05) is 17.2 Å². The molecular formula is C29H35N5O5. The summed E-state index contributed by atoms with van der Waals surface area (Å²) in [7, 11) is 1.45. The van der Waals surface area contributed by atoms with Crippen LogP contribution >= 0.6 is 0 Å². The number of nitrogens with one attached hydrogen (secondary N) is 1. The number of aryl methyl sites for hydroxylation is 1. The molecule has 0 atom stereocenters. The van der Waals surface area contributed by atoms with Crippen molar-refractivity contribution in [2.75, 3.05) is 12.4 Å². The van der Waals surface area contributed by atoms with Crippen molar-refractivity contribution in [1.82, 2.24) is 9.55 Å². The van der Waals surface area contributed by atoms with Crippen LogP contribution in [0.3, 0.4) is 0 Å². The van der Waals surface area contributed by atoms with Crippen LogP contribution in [0.1, 0.15) is 79.1 Å². The number of carbonyl (C=O) groups excluding carboxylic acids is 2. The van der Waals surface area contributed by atoms with Crippen molar-refractivity contribution in [1.29, 1.82) is 5.26 Å². The van der Waals surface area contributed by atoms with E-state index in [9.17, 15) is 19.6 Å². The smallest absolute Gasteiger partial charge is 0.356 e. The van der Waals surface area contributed by atoms with Gasteiger partial charge in [-0.3, -0.25) is 9.59 Å². The largest absolute Gasteiger partial charge is 0.493 e. The molecular weight excluding hydrogens is 498 g/mol. The van der Waals surface area contributed by atoms with Crippen molar-refractivity contribution >= 4 is 23.5 Å². The topological polar surface area (TPSA) is 160 Å². The minimum absolute atomic E-state index is 0.0907. The monoisotopic (exact) mass is 533 g/mol. The van der Waals surface area contributed by atoms with Gasteiger partial charge in [0.25, 0.3) is 5.91 Å². The maximum absolute atomic E-state index is 13.1. The lowest BCUT2D eigenvalue weighted by molar-refractivity contribution is -0.125. The molecule has 2 amide bonds. The van der Waals surface area contributed by atoms with Crippen LogP contribution in [0.15, 0.2) is 42.9 Å². The molecule has 3 aromatic rings. The van der Waals surface area contributed by atoms with Gasteiger partial charge in [-0.1, -0.05) is 47.6 Å². The molecule has 206 valence electrons. The normalized spacial score (nSPS) is 11.1. The highest BCUT2D eigenvalue weighted by Gasteiger charge is 2.21. The first kappa shape index (κ1) is 30.6. The minimum Gasteiger partial charge on any atom is -0.493 e. The first-order valence-electron chi connectivity index (χ1n) is 12.1. The molecule has 0 saturated heterocycles. The fraction of sp³-hybridized carbons (Fsp3) is 0.345. The molecule has 0 fully saturated rings. The summed E-state index contributed by atoms with van der Waals surface area (Å²) in [6.45, 7) is 13.3. The van der Waals surface area contributed by atoms with E-state index in [0.29, 0.717) is 28.3 Å². The summed E-state index contributed by atoms with van der Waals surface area (Å²) in [5, 5.41) is 21.5. The van der Waals surface area contributed by atoms with Gasteiger partial charge >= 0.3 is 5.97 Å². The highest BCUT2D eigenvalue weighted by atomic mass is 16.5. The summed E-state index contributed by atoms with van der Waals surface area (Å²) in [6, 6.07) is 10.8. The number of imidazole rings is 1. The number of rotatable bonds is 5. The Balaban J connectivity index is 0.000000673. The van der Waals surface area contributed by atoms with Crippen molar-refractivity contribution < 1.29 is 24.2 Å². The van der Waals surface area contributed by atoms with E-state index >= 15 is 0 Å². The highest BCUT2D eigenvalue weighted by Crippen LogP contribution is 2.35. The van der Waals surface area contributed by atoms with Gasteiger partial charge in [-0.2, -0.15) is 5.26 Å². The van der Waals surface area contributed by atoms with Gasteiger partial charge in [-0.15, -0.1) is 0 Å². The summed E-state index contributed by atoms with van der Waals surface area (Å²) >= 11 is 0. The second kappa shape index (κ2) is 11.8. The van der Waals surface area contributed by atoms with E-state index in [4.69, 9.17) is 15.6 Å². The molecule has 0 saturated carbocycles. The minimum atomic E-state index is -1.13. The Bertz CT molecular complexity index is 1440. The number of aromatic carboxylic acids is 1. The average molecular weight is 534 g/mol. The van der Waals surface area contributed by atoms with Crippen LogP contribution in [0, 0.1) is 23.7 Å². The Hall–Kier alpha value is -4.65. The summed E-state index contributed by atoms with van der Waals surface area (Å²) in [5.74, 6) is -1.48. The zero-order valence-corrected chi connectivity index (χ0v) is 23.5. The Labute approximate surface area is 228 Å². The number of hydrogen-bond acceptors (Lipinski definition) is 6. The Morgan fingerprint density at radius 2 is 1.72 bits per heavy atom.